The van der Waals surface area contributed by atoms with E-state index >= 15 is 0 Å². The molecule has 2 aromatic carbocycles. The largest absolute Gasteiger partial charge is 0.350 e. The fourth-order valence-corrected chi connectivity index (χ4v) is 2.52. The van der Waals surface area contributed by atoms with Crippen molar-refractivity contribution in [1.29, 1.82) is 0 Å². The van der Waals surface area contributed by atoms with Crippen LogP contribution in [0.4, 0.5) is 4.39 Å². The van der Waals surface area contributed by atoms with Gasteiger partial charge in [0, 0.05) is 6.54 Å². The first-order valence-electron chi connectivity index (χ1n) is 7.96. The lowest BCUT2D eigenvalue weighted by Gasteiger charge is -2.22. The number of nitrogens with one attached hydrogen (secondary N) is 2. The van der Waals surface area contributed by atoms with Gasteiger partial charge >= 0.3 is 0 Å². The minimum absolute atomic E-state index is 0.111. The van der Waals surface area contributed by atoms with Crippen LogP contribution in [0.15, 0.2) is 48.5 Å². The molecule has 1 unspecified atom stereocenters. The number of carbonyl (C=O) groups is 2. The van der Waals surface area contributed by atoms with Crippen LogP contribution >= 0.6 is 11.6 Å². The van der Waals surface area contributed by atoms with E-state index in [0.717, 1.165) is 5.56 Å². The molecular weight excluding hydrogens is 343 g/mol. The van der Waals surface area contributed by atoms with E-state index in [-0.39, 0.29) is 24.2 Å². The van der Waals surface area contributed by atoms with E-state index in [1.54, 1.807) is 36.4 Å². The summed E-state index contributed by atoms with van der Waals surface area (Å²) in [5.41, 5.74) is 1.09. The monoisotopic (exact) mass is 362 g/mol. The number of halogens is 2. The maximum atomic E-state index is 12.9. The van der Waals surface area contributed by atoms with Crippen molar-refractivity contribution in [1.82, 2.24) is 10.6 Å². The summed E-state index contributed by atoms with van der Waals surface area (Å²) in [5.74, 6) is -1.15. The maximum absolute atomic E-state index is 12.9. The molecule has 4 nitrogen and oxygen atoms in total. The van der Waals surface area contributed by atoms with E-state index in [1.807, 2.05) is 13.8 Å². The standard InChI is InChI=1S/C19H20ClFN2O2/c1-12(2)17(23-18(24)15-5-3-4-6-16(15)20)19(25)22-11-13-7-9-14(21)10-8-13/h3-10,12,17H,11H2,1-2H3,(H,22,25)(H,23,24). The van der Waals surface area contributed by atoms with Gasteiger partial charge < -0.3 is 10.6 Å². The normalized spacial score (nSPS) is 11.9. The molecule has 0 saturated carbocycles. The van der Waals surface area contributed by atoms with E-state index in [4.69, 9.17) is 11.6 Å². The highest BCUT2D eigenvalue weighted by Crippen LogP contribution is 2.15. The summed E-state index contributed by atoms with van der Waals surface area (Å²) >= 11 is 6.02. The summed E-state index contributed by atoms with van der Waals surface area (Å²) in [6.45, 7) is 3.94. The minimum Gasteiger partial charge on any atom is -0.350 e. The Labute approximate surface area is 151 Å². The molecular formula is C19H20ClFN2O2. The molecule has 0 spiro atoms. The van der Waals surface area contributed by atoms with Crippen LogP contribution in [0.3, 0.4) is 0 Å². The molecule has 0 saturated heterocycles. The van der Waals surface area contributed by atoms with Gasteiger partial charge in [0.05, 0.1) is 10.6 Å². The van der Waals surface area contributed by atoms with Gasteiger partial charge in [0.1, 0.15) is 11.9 Å². The Kier molecular flexibility index (Phi) is 6.53. The molecule has 2 amide bonds. The van der Waals surface area contributed by atoms with Crippen LogP contribution in [0.25, 0.3) is 0 Å². The summed E-state index contributed by atoms with van der Waals surface area (Å²) in [4.78, 5) is 24.8. The smallest absolute Gasteiger partial charge is 0.253 e. The number of amides is 2. The number of benzene rings is 2. The molecule has 0 fully saturated rings. The van der Waals surface area contributed by atoms with Crippen LogP contribution < -0.4 is 10.6 Å². The van der Waals surface area contributed by atoms with Gasteiger partial charge in [0.15, 0.2) is 0 Å². The molecule has 0 aliphatic rings. The first kappa shape index (κ1) is 18.9. The third kappa shape index (κ3) is 5.29. The lowest BCUT2D eigenvalue weighted by molar-refractivity contribution is -0.124. The van der Waals surface area contributed by atoms with Crippen molar-refractivity contribution in [2.24, 2.45) is 5.92 Å². The highest BCUT2D eigenvalue weighted by Gasteiger charge is 2.25. The van der Waals surface area contributed by atoms with Gasteiger partial charge in [-0.25, -0.2) is 4.39 Å². The van der Waals surface area contributed by atoms with E-state index < -0.39 is 11.9 Å². The number of carbonyl (C=O) groups excluding carboxylic acids is 2. The average Bonchev–Trinajstić information content (AvgIpc) is 2.58. The summed E-state index contributed by atoms with van der Waals surface area (Å²) in [5, 5.41) is 5.81. The van der Waals surface area contributed by atoms with E-state index in [0.29, 0.717) is 10.6 Å². The predicted octanol–water partition coefficient (Wildman–Crippen LogP) is 3.55. The summed E-state index contributed by atoms with van der Waals surface area (Å²) in [7, 11) is 0. The molecule has 0 aliphatic carbocycles. The van der Waals surface area contributed by atoms with Crippen molar-refractivity contribution < 1.29 is 14.0 Å². The molecule has 0 radical (unpaired) electrons. The van der Waals surface area contributed by atoms with Crippen LogP contribution in [0.5, 0.6) is 0 Å². The summed E-state index contributed by atoms with van der Waals surface area (Å²) in [6.07, 6.45) is 0. The first-order valence-corrected chi connectivity index (χ1v) is 8.34. The maximum Gasteiger partial charge on any atom is 0.253 e. The molecule has 0 aliphatic heterocycles. The molecule has 6 heteroatoms. The van der Waals surface area contributed by atoms with Gasteiger partial charge in [-0.1, -0.05) is 49.7 Å². The highest BCUT2D eigenvalue weighted by atomic mass is 35.5. The molecule has 2 N–H and O–H groups in total. The van der Waals surface area contributed by atoms with Crippen LogP contribution in [0.1, 0.15) is 29.8 Å². The van der Waals surface area contributed by atoms with Gasteiger partial charge in [-0.3, -0.25) is 9.59 Å². The zero-order valence-electron chi connectivity index (χ0n) is 14.1. The SMILES string of the molecule is CC(C)C(NC(=O)c1ccccc1Cl)C(=O)NCc1ccc(F)cc1. The molecule has 132 valence electrons. The fraction of sp³-hybridized carbons (Fsp3) is 0.263. The van der Waals surface area contributed by atoms with Gasteiger partial charge in [0.25, 0.3) is 5.91 Å². The molecule has 2 aromatic rings. The summed E-state index contributed by atoms with van der Waals surface area (Å²) < 4.78 is 12.9. The molecule has 0 bridgehead atoms. The quantitative estimate of drug-likeness (QED) is 0.825. The Morgan fingerprint density at radius 2 is 1.72 bits per heavy atom. The third-order valence-corrected chi connectivity index (χ3v) is 4.06. The van der Waals surface area contributed by atoms with E-state index in [2.05, 4.69) is 10.6 Å². The van der Waals surface area contributed by atoms with Gasteiger partial charge in [0.2, 0.25) is 5.91 Å². The lowest BCUT2D eigenvalue weighted by atomic mass is 10.0. The van der Waals surface area contributed by atoms with Gasteiger partial charge in [-0.15, -0.1) is 0 Å². The van der Waals surface area contributed by atoms with Crippen LogP contribution in [-0.4, -0.2) is 17.9 Å². The van der Waals surface area contributed by atoms with Crippen molar-refractivity contribution in [3.05, 3.63) is 70.5 Å². The average molecular weight is 363 g/mol. The highest BCUT2D eigenvalue weighted by molar-refractivity contribution is 6.33. The molecule has 0 heterocycles. The molecule has 1 atom stereocenters. The Morgan fingerprint density at radius 1 is 1.08 bits per heavy atom. The minimum atomic E-state index is -0.704. The van der Waals surface area contributed by atoms with Crippen LogP contribution in [-0.2, 0) is 11.3 Å². The second-order valence-electron chi connectivity index (χ2n) is 6.02. The van der Waals surface area contributed by atoms with E-state index in [9.17, 15) is 14.0 Å². The zero-order valence-corrected chi connectivity index (χ0v) is 14.8. The Bertz CT molecular complexity index is 747. The molecule has 0 aromatic heterocycles. The van der Waals surface area contributed by atoms with Crippen molar-refractivity contribution in [3.8, 4) is 0 Å². The Morgan fingerprint density at radius 3 is 2.32 bits per heavy atom. The summed E-state index contributed by atoms with van der Waals surface area (Å²) in [6, 6.07) is 11.8. The van der Waals surface area contributed by atoms with Gasteiger partial charge in [-0.2, -0.15) is 0 Å². The second-order valence-corrected chi connectivity index (χ2v) is 6.43. The van der Waals surface area contributed by atoms with Crippen molar-refractivity contribution in [3.63, 3.8) is 0 Å². The van der Waals surface area contributed by atoms with E-state index in [1.165, 1.54) is 12.1 Å². The number of hydrogen-bond acceptors (Lipinski definition) is 2. The Balaban J connectivity index is 2.01. The Hall–Kier alpha value is -2.40. The van der Waals surface area contributed by atoms with Crippen molar-refractivity contribution >= 4 is 23.4 Å². The van der Waals surface area contributed by atoms with Crippen molar-refractivity contribution in [2.75, 3.05) is 0 Å². The van der Waals surface area contributed by atoms with Crippen LogP contribution in [0, 0.1) is 11.7 Å². The lowest BCUT2D eigenvalue weighted by Crippen LogP contribution is -2.49. The fourth-order valence-electron chi connectivity index (χ4n) is 2.30. The zero-order chi connectivity index (χ0) is 18.4. The topological polar surface area (TPSA) is 58.2 Å². The number of hydrogen-bond donors (Lipinski definition) is 2. The first-order chi connectivity index (χ1) is 11.9. The molecule has 2 rings (SSSR count). The predicted molar refractivity (Wildman–Crippen MR) is 95.8 cm³/mol. The van der Waals surface area contributed by atoms with Crippen LogP contribution in [0.2, 0.25) is 5.02 Å². The van der Waals surface area contributed by atoms with Gasteiger partial charge in [-0.05, 0) is 35.7 Å². The molecule has 25 heavy (non-hydrogen) atoms. The number of rotatable bonds is 6. The second kappa shape index (κ2) is 8.62. The third-order valence-electron chi connectivity index (χ3n) is 3.73. The van der Waals surface area contributed by atoms with Crippen molar-refractivity contribution in [2.45, 2.75) is 26.4 Å².